The second kappa shape index (κ2) is 7.88. The Balaban J connectivity index is 1.92. The van der Waals surface area contributed by atoms with Gasteiger partial charge in [-0.3, -0.25) is 4.21 Å². The zero-order valence-corrected chi connectivity index (χ0v) is 14.2. The van der Waals surface area contributed by atoms with Crippen LogP contribution in [-0.2, 0) is 17.3 Å². The molecular formula is C17H20ClNO2S. The summed E-state index contributed by atoms with van der Waals surface area (Å²) in [6.45, 7) is 2.58. The van der Waals surface area contributed by atoms with Gasteiger partial charge in [-0.25, -0.2) is 0 Å². The van der Waals surface area contributed by atoms with Gasteiger partial charge in [-0.15, -0.1) is 0 Å². The average molecular weight is 338 g/mol. The molecule has 118 valence electrons. The molecule has 22 heavy (non-hydrogen) atoms. The van der Waals surface area contributed by atoms with Gasteiger partial charge in [-0.2, -0.15) is 0 Å². The van der Waals surface area contributed by atoms with Crippen molar-refractivity contribution in [2.45, 2.75) is 30.5 Å². The Hall–Kier alpha value is -1.20. The third kappa shape index (κ3) is 4.65. The highest BCUT2D eigenvalue weighted by Crippen LogP contribution is 2.19. The van der Waals surface area contributed by atoms with Crippen molar-refractivity contribution in [2.24, 2.45) is 0 Å². The van der Waals surface area contributed by atoms with Gasteiger partial charge in [-0.05, 0) is 42.3 Å². The molecule has 2 rings (SSSR count). The third-order valence-corrected chi connectivity index (χ3v) is 4.76. The van der Waals surface area contributed by atoms with Crippen LogP contribution in [0.3, 0.4) is 0 Å². The van der Waals surface area contributed by atoms with Crippen LogP contribution < -0.4 is 5.32 Å². The van der Waals surface area contributed by atoms with E-state index in [0.29, 0.717) is 11.6 Å². The highest BCUT2D eigenvalue weighted by atomic mass is 35.5. The molecule has 0 saturated carbocycles. The SMILES string of the molecule is CC(NCc1ccc(S(C)=O)cc1)C(O)c1ccc(Cl)cc1. The van der Waals surface area contributed by atoms with Crippen LogP contribution in [0.2, 0.25) is 5.02 Å². The number of halogens is 1. The van der Waals surface area contributed by atoms with Crippen LogP contribution in [0.25, 0.3) is 0 Å². The average Bonchev–Trinajstić information content (AvgIpc) is 2.53. The predicted octanol–water partition coefficient (Wildman–Crippen LogP) is 3.29. The molecule has 0 aliphatic heterocycles. The highest BCUT2D eigenvalue weighted by molar-refractivity contribution is 7.84. The fourth-order valence-corrected chi connectivity index (χ4v) is 2.78. The van der Waals surface area contributed by atoms with E-state index >= 15 is 0 Å². The number of hydrogen-bond acceptors (Lipinski definition) is 3. The molecule has 5 heteroatoms. The lowest BCUT2D eigenvalue weighted by molar-refractivity contribution is 0.135. The first-order valence-corrected chi connectivity index (χ1v) is 9.00. The summed E-state index contributed by atoms with van der Waals surface area (Å²) in [4.78, 5) is 0.818. The molecule has 0 aromatic heterocycles. The summed E-state index contributed by atoms with van der Waals surface area (Å²) < 4.78 is 11.3. The number of nitrogens with one attached hydrogen (secondary N) is 1. The van der Waals surface area contributed by atoms with Crippen molar-refractivity contribution < 1.29 is 9.32 Å². The first-order chi connectivity index (χ1) is 10.5. The van der Waals surface area contributed by atoms with E-state index in [1.165, 1.54) is 0 Å². The molecule has 2 aromatic rings. The minimum absolute atomic E-state index is 0.0961. The van der Waals surface area contributed by atoms with Crippen LogP contribution >= 0.6 is 11.6 Å². The Morgan fingerprint density at radius 3 is 2.27 bits per heavy atom. The number of aliphatic hydroxyl groups is 1. The van der Waals surface area contributed by atoms with E-state index in [-0.39, 0.29) is 6.04 Å². The van der Waals surface area contributed by atoms with Gasteiger partial charge >= 0.3 is 0 Å². The summed E-state index contributed by atoms with van der Waals surface area (Å²) in [5, 5.41) is 14.3. The molecule has 0 spiro atoms. The lowest BCUT2D eigenvalue weighted by Gasteiger charge is -2.21. The van der Waals surface area contributed by atoms with Gasteiger partial charge in [0, 0.05) is 39.6 Å². The van der Waals surface area contributed by atoms with E-state index in [2.05, 4.69) is 5.32 Å². The maximum atomic E-state index is 11.3. The van der Waals surface area contributed by atoms with Crippen molar-refractivity contribution in [3.63, 3.8) is 0 Å². The highest BCUT2D eigenvalue weighted by Gasteiger charge is 2.15. The number of benzene rings is 2. The van der Waals surface area contributed by atoms with E-state index in [0.717, 1.165) is 16.0 Å². The monoisotopic (exact) mass is 337 g/mol. The molecule has 0 fully saturated rings. The van der Waals surface area contributed by atoms with Crippen LogP contribution in [-0.4, -0.2) is 21.6 Å². The topological polar surface area (TPSA) is 49.3 Å². The maximum Gasteiger partial charge on any atom is 0.0940 e. The third-order valence-electron chi connectivity index (χ3n) is 3.57. The number of hydrogen-bond donors (Lipinski definition) is 2. The maximum absolute atomic E-state index is 11.3. The smallest absolute Gasteiger partial charge is 0.0940 e. The van der Waals surface area contributed by atoms with E-state index in [1.807, 2.05) is 43.3 Å². The van der Waals surface area contributed by atoms with E-state index < -0.39 is 16.9 Å². The lowest BCUT2D eigenvalue weighted by atomic mass is 10.0. The molecule has 3 unspecified atom stereocenters. The molecule has 3 nitrogen and oxygen atoms in total. The van der Waals surface area contributed by atoms with Crippen LogP contribution in [0.5, 0.6) is 0 Å². The molecule has 0 aliphatic rings. The van der Waals surface area contributed by atoms with Crippen molar-refractivity contribution in [2.75, 3.05) is 6.26 Å². The van der Waals surface area contributed by atoms with Crippen LogP contribution in [0.4, 0.5) is 0 Å². The summed E-state index contributed by atoms with van der Waals surface area (Å²) in [6.07, 6.45) is 1.07. The van der Waals surface area contributed by atoms with Gasteiger partial charge in [0.1, 0.15) is 0 Å². The van der Waals surface area contributed by atoms with Gasteiger partial charge in [0.25, 0.3) is 0 Å². The fraction of sp³-hybridized carbons (Fsp3) is 0.294. The summed E-state index contributed by atoms with van der Waals surface area (Å²) in [6, 6.07) is 14.7. The summed E-state index contributed by atoms with van der Waals surface area (Å²) in [5.41, 5.74) is 1.92. The number of aliphatic hydroxyl groups excluding tert-OH is 1. The summed E-state index contributed by atoms with van der Waals surface area (Å²) in [7, 11) is -0.955. The first-order valence-electron chi connectivity index (χ1n) is 7.06. The minimum Gasteiger partial charge on any atom is -0.387 e. The van der Waals surface area contributed by atoms with Crippen molar-refractivity contribution in [1.29, 1.82) is 0 Å². The largest absolute Gasteiger partial charge is 0.387 e. The quantitative estimate of drug-likeness (QED) is 0.850. The van der Waals surface area contributed by atoms with Gasteiger partial charge in [0.05, 0.1) is 6.10 Å². The molecule has 0 amide bonds. The molecule has 0 radical (unpaired) electrons. The Morgan fingerprint density at radius 2 is 1.73 bits per heavy atom. The van der Waals surface area contributed by atoms with Crippen LogP contribution in [0.15, 0.2) is 53.4 Å². The molecule has 0 bridgehead atoms. The van der Waals surface area contributed by atoms with E-state index in [1.54, 1.807) is 18.4 Å². The zero-order chi connectivity index (χ0) is 16.1. The molecule has 0 saturated heterocycles. The van der Waals surface area contributed by atoms with Crippen molar-refractivity contribution in [3.05, 3.63) is 64.7 Å². The molecule has 2 aromatic carbocycles. The lowest BCUT2D eigenvalue weighted by Crippen LogP contribution is -2.31. The van der Waals surface area contributed by atoms with Crippen LogP contribution in [0.1, 0.15) is 24.2 Å². The van der Waals surface area contributed by atoms with Gasteiger partial charge in [-0.1, -0.05) is 35.9 Å². The van der Waals surface area contributed by atoms with Crippen molar-refractivity contribution in [3.8, 4) is 0 Å². The van der Waals surface area contributed by atoms with E-state index in [4.69, 9.17) is 11.6 Å². The Labute approximate surface area is 138 Å². The second-order valence-corrected chi connectivity index (χ2v) is 7.08. The first kappa shape index (κ1) is 17.2. The Morgan fingerprint density at radius 1 is 1.14 bits per heavy atom. The molecule has 0 heterocycles. The standard InChI is InChI=1S/C17H20ClNO2S/c1-12(17(20)14-5-7-15(18)8-6-14)19-11-13-3-9-16(10-4-13)22(2)21/h3-10,12,17,19-20H,11H2,1-2H3. The summed E-state index contributed by atoms with van der Waals surface area (Å²) in [5.74, 6) is 0. The van der Waals surface area contributed by atoms with Gasteiger partial charge in [0.2, 0.25) is 0 Å². The Kier molecular flexibility index (Phi) is 6.15. The predicted molar refractivity (Wildman–Crippen MR) is 91.5 cm³/mol. The fourth-order valence-electron chi connectivity index (χ4n) is 2.14. The number of rotatable bonds is 6. The normalized spacial score (nSPS) is 15.3. The van der Waals surface area contributed by atoms with Crippen LogP contribution in [0, 0.1) is 0 Å². The van der Waals surface area contributed by atoms with Crippen molar-refractivity contribution in [1.82, 2.24) is 5.32 Å². The molecule has 2 N–H and O–H groups in total. The minimum atomic E-state index is -0.955. The van der Waals surface area contributed by atoms with Crippen molar-refractivity contribution >= 4 is 22.4 Å². The molecular weight excluding hydrogens is 318 g/mol. The van der Waals surface area contributed by atoms with Gasteiger partial charge in [0.15, 0.2) is 0 Å². The Bertz CT molecular complexity index is 628. The zero-order valence-electron chi connectivity index (χ0n) is 12.6. The summed E-state index contributed by atoms with van der Waals surface area (Å²) >= 11 is 5.85. The second-order valence-electron chi connectivity index (χ2n) is 5.26. The van der Waals surface area contributed by atoms with E-state index in [9.17, 15) is 9.32 Å². The molecule has 0 aliphatic carbocycles. The molecule has 3 atom stereocenters. The van der Waals surface area contributed by atoms with Gasteiger partial charge < -0.3 is 10.4 Å².